The summed E-state index contributed by atoms with van der Waals surface area (Å²) >= 11 is 0. The van der Waals surface area contributed by atoms with Crippen molar-refractivity contribution in [1.29, 1.82) is 0 Å². The minimum atomic E-state index is -1.72. The molecule has 3 aliphatic carbocycles. The van der Waals surface area contributed by atoms with Crippen molar-refractivity contribution in [3.05, 3.63) is 86.0 Å². The molecule has 4 heteroatoms. The zero-order chi connectivity index (χ0) is 22.9. The fourth-order valence-corrected chi connectivity index (χ4v) is 12.8. The van der Waals surface area contributed by atoms with Crippen LogP contribution in [0.5, 0.6) is 0 Å². The number of hydrogen-bond donors (Lipinski definition) is 0. The van der Waals surface area contributed by atoms with Gasteiger partial charge < -0.3 is 24.8 Å². The van der Waals surface area contributed by atoms with E-state index in [4.69, 9.17) is 0 Å². The zero-order valence-corrected chi connectivity index (χ0v) is 27.5. The van der Waals surface area contributed by atoms with Crippen LogP contribution in [0.15, 0.2) is 58.2 Å². The van der Waals surface area contributed by atoms with E-state index in [1.54, 1.807) is 50.1 Å². The summed E-state index contributed by atoms with van der Waals surface area (Å²) in [7, 11) is -1.72. The average Bonchev–Trinajstić information content (AvgIpc) is 3.39. The number of halogens is 2. The van der Waals surface area contributed by atoms with Crippen molar-refractivity contribution in [3.8, 4) is 11.1 Å². The van der Waals surface area contributed by atoms with Crippen molar-refractivity contribution in [3.63, 3.8) is 0 Å². The van der Waals surface area contributed by atoms with Crippen LogP contribution in [-0.2, 0) is 39.0 Å². The molecule has 0 aliphatic heterocycles. The monoisotopic (exact) mass is 598 g/mol. The van der Waals surface area contributed by atoms with Gasteiger partial charge in [0.05, 0.1) is 8.07 Å². The van der Waals surface area contributed by atoms with Gasteiger partial charge in [0, 0.05) is 5.54 Å². The summed E-state index contributed by atoms with van der Waals surface area (Å²) in [5, 5.41) is 0. The molecule has 2 aromatic carbocycles. The van der Waals surface area contributed by atoms with Gasteiger partial charge in [0.15, 0.2) is 0 Å². The average molecular weight is 601 g/mol. The smallest absolute Gasteiger partial charge is 1.00 e. The molecule has 35 heavy (non-hydrogen) atoms. The van der Waals surface area contributed by atoms with Crippen molar-refractivity contribution in [1.82, 2.24) is 0 Å². The third kappa shape index (κ3) is 4.60. The minimum absolute atomic E-state index is 0. The topological polar surface area (TPSA) is 0 Å². The van der Waals surface area contributed by atoms with Gasteiger partial charge >= 0.3 is 26.2 Å². The van der Waals surface area contributed by atoms with E-state index in [0.29, 0.717) is 11.1 Å². The quantitative estimate of drug-likeness (QED) is 0.476. The Morgan fingerprint density at radius 2 is 1.40 bits per heavy atom. The van der Waals surface area contributed by atoms with Crippen LogP contribution < -0.4 is 24.8 Å². The maximum Gasteiger partial charge on any atom is 2.00 e. The summed E-state index contributed by atoms with van der Waals surface area (Å²) in [4.78, 5) is 0. The van der Waals surface area contributed by atoms with Crippen molar-refractivity contribution in [2.24, 2.45) is 0 Å². The Hall–Kier alpha value is -0.660. The maximum absolute atomic E-state index is 2.66. The van der Waals surface area contributed by atoms with Crippen molar-refractivity contribution < 1.29 is 51.0 Å². The van der Waals surface area contributed by atoms with Crippen LogP contribution in [0.25, 0.3) is 17.2 Å². The van der Waals surface area contributed by atoms with Crippen LogP contribution in [0.3, 0.4) is 0 Å². The van der Waals surface area contributed by atoms with Crippen LogP contribution in [0.2, 0.25) is 18.6 Å². The van der Waals surface area contributed by atoms with Gasteiger partial charge in [0.25, 0.3) is 0 Å². The molecular formula is C31H38Cl2SiZr. The van der Waals surface area contributed by atoms with Gasteiger partial charge in [-0.1, -0.05) is 66.2 Å². The maximum atomic E-state index is 2.66. The van der Waals surface area contributed by atoms with Crippen molar-refractivity contribution in [2.45, 2.75) is 85.0 Å². The second-order valence-corrected chi connectivity index (χ2v) is 16.0. The summed E-state index contributed by atoms with van der Waals surface area (Å²) < 4.78 is 0. The minimum Gasteiger partial charge on any atom is -1.00 e. The molecule has 0 nitrogen and oxygen atoms in total. The molecule has 0 N–H and O–H groups in total. The summed E-state index contributed by atoms with van der Waals surface area (Å²) in [6, 6.07) is 11.7. The van der Waals surface area contributed by atoms with E-state index in [2.05, 4.69) is 91.0 Å². The molecule has 0 amide bonds. The number of benzene rings is 2. The Morgan fingerprint density at radius 1 is 0.800 bits per heavy atom. The Bertz CT molecular complexity index is 1220. The third-order valence-corrected chi connectivity index (χ3v) is 13.7. The molecule has 0 saturated heterocycles. The van der Waals surface area contributed by atoms with E-state index in [9.17, 15) is 0 Å². The van der Waals surface area contributed by atoms with E-state index >= 15 is 0 Å². The molecule has 0 fully saturated rings. The summed E-state index contributed by atoms with van der Waals surface area (Å²) in [5.74, 6) is 0. The van der Waals surface area contributed by atoms with Crippen molar-refractivity contribution in [2.75, 3.05) is 0 Å². The Kier molecular flexibility index (Phi) is 9.59. The molecule has 1 atom stereocenters. The fraction of sp³-hybridized carbons (Fsp3) is 0.419. The van der Waals surface area contributed by atoms with Crippen LogP contribution in [0, 0.1) is 6.92 Å². The van der Waals surface area contributed by atoms with E-state index in [-0.39, 0.29) is 51.0 Å². The molecule has 0 bridgehead atoms. The Morgan fingerprint density at radius 3 is 2.00 bits per heavy atom. The first-order valence-corrected chi connectivity index (χ1v) is 15.6. The molecule has 0 heterocycles. The molecule has 0 spiro atoms. The van der Waals surface area contributed by atoms with E-state index in [1.165, 1.54) is 36.0 Å². The van der Waals surface area contributed by atoms with Crippen LogP contribution in [0.1, 0.15) is 74.4 Å². The number of allylic oxidation sites excluding steroid dienone is 5. The van der Waals surface area contributed by atoms with Crippen LogP contribution in [0.4, 0.5) is 0 Å². The molecule has 0 saturated carbocycles. The van der Waals surface area contributed by atoms with Gasteiger partial charge in [-0.3, -0.25) is 0 Å². The molecular weight excluding hydrogens is 563 g/mol. The molecule has 5 rings (SSSR count). The molecule has 184 valence electrons. The van der Waals surface area contributed by atoms with E-state index in [1.807, 2.05) is 0 Å². The predicted octanol–water partition coefficient (Wildman–Crippen LogP) is 2.96. The predicted molar refractivity (Wildman–Crippen MR) is 143 cm³/mol. The Labute approximate surface area is 245 Å². The fourth-order valence-electron chi connectivity index (χ4n) is 7.52. The number of rotatable bonds is 3. The van der Waals surface area contributed by atoms with E-state index in [0.717, 1.165) is 0 Å². The molecule has 0 radical (unpaired) electrons. The summed E-state index contributed by atoms with van der Waals surface area (Å²) in [6.07, 6.45) is 6.35. The van der Waals surface area contributed by atoms with Crippen LogP contribution >= 0.6 is 0 Å². The van der Waals surface area contributed by atoms with Crippen LogP contribution in [-0.4, -0.2) is 8.07 Å². The van der Waals surface area contributed by atoms with Gasteiger partial charge in [-0.05, 0) is 116 Å². The largest absolute Gasteiger partial charge is 2.00 e. The first-order chi connectivity index (χ1) is 15.1. The number of hydrogen-bond acceptors (Lipinski definition) is 0. The first kappa shape index (κ1) is 30.6. The normalized spacial score (nSPS) is 19.1. The number of fused-ring (bicyclic) bond motifs is 2. The summed E-state index contributed by atoms with van der Waals surface area (Å²) in [6.45, 7) is 19.5. The summed E-state index contributed by atoms with van der Waals surface area (Å²) in [5.41, 5.74) is 20.0. The van der Waals surface area contributed by atoms with Crippen molar-refractivity contribution >= 4 is 14.1 Å². The second-order valence-electron chi connectivity index (χ2n) is 11.3. The molecule has 3 aliphatic rings. The van der Waals surface area contributed by atoms with Gasteiger partial charge in [-0.25, -0.2) is 0 Å². The van der Waals surface area contributed by atoms with Gasteiger partial charge in [0.1, 0.15) is 0 Å². The second kappa shape index (κ2) is 11.0. The van der Waals surface area contributed by atoms with E-state index < -0.39 is 8.07 Å². The molecule has 0 aromatic heterocycles. The first-order valence-electron chi connectivity index (χ1n) is 12.4. The van der Waals surface area contributed by atoms with Gasteiger partial charge in [-0.15, -0.1) is 0 Å². The molecule has 2 aromatic rings. The SMILES string of the molecule is CC1=Cc2c(cc3c(c2-c2ccccc2C)CCC3)C1[Si](C)(C)C1C(C)=C(C)C(C)=C1C.[Cl-].[Cl-].[Zr+2]. The molecule has 1 unspecified atom stereocenters. The Balaban J connectivity index is 0.00000144. The number of aryl methyl sites for hydroxylation is 2. The standard InChI is InChI=1S/C31H38Si.2ClH.Zr/c1-18-12-9-10-14-25(18)29-26-15-11-13-24(26)17-28-27(29)16-19(2)30(28)32(7,8)31-22(5)20(3)21(4)23(31)6;;;/h9-10,12,14,16-17,30-31H,11,13,15H2,1-8H3;2*1H;/q;;;+2/p-2. The third-order valence-electron chi connectivity index (χ3n) is 9.12. The zero-order valence-electron chi connectivity index (χ0n) is 22.5. The van der Waals surface area contributed by atoms with Gasteiger partial charge in [-0.2, -0.15) is 0 Å². The van der Waals surface area contributed by atoms with Gasteiger partial charge in [0.2, 0.25) is 0 Å².